The zero-order valence-corrected chi connectivity index (χ0v) is 10.3. The van der Waals surface area contributed by atoms with E-state index in [-0.39, 0.29) is 5.92 Å². The van der Waals surface area contributed by atoms with E-state index in [4.69, 9.17) is 0 Å². The Balaban J connectivity index is 2.70. The van der Waals surface area contributed by atoms with Crippen LogP contribution in [0.25, 0.3) is 10.9 Å². The van der Waals surface area contributed by atoms with Crippen molar-refractivity contribution in [2.75, 3.05) is 0 Å². The number of benzene rings is 1. The highest BCUT2D eigenvalue weighted by molar-refractivity contribution is 5.98. The molecule has 0 saturated heterocycles. The first-order valence-corrected chi connectivity index (χ1v) is 5.83. The summed E-state index contributed by atoms with van der Waals surface area (Å²) in [5, 5.41) is 10.1. The molecular formula is C14H15NO3. The third-order valence-corrected chi connectivity index (χ3v) is 3.08. The number of carboxylic acid groups (broad SMARTS) is 1. The van der Waals surface area contributed by atoms with Crippen molar-refractivity contribution in [3.05, 3.63) is 36.0 Å². The second-order valence-electron chi connectivity index (χ2n) is 4.65. The quantitative estimate of drug-likeness (QED) is 0.842. The van der Waals surface area contributed by atoms with Crippen molar-refractivity contribution in [2.45, 2.75) is 19.9 Å². The number of aldehydes is 1. The third-order valence-electron chi connectivity index (χ3n) is 3.08. The number of carbonyl (C=O) groups excluding carboxylic acids is 1. The first kappa shape index (κ1) is 12.4. The summed E-state index contributed by atoms with van der Waals surface area (Å²) in [6.45, 7) is 3.71. The maximum atomic E-state index is 11.4. The van der Waals surface area contributed by atoms with E-state index in [1.54, 1.807) is 10.8 Å². The number of aliphatic carboxylic acids is 1. The molecule has 0 amide bonds. The molecule has 2 aromatic rings. The van der Waals surface area contributed by atoms with Gasteiger partial charge in [-0.3, -0.25) is 4.79 Å². The van der Waals surface area contributed by atoms with Crippen molar-refractivity contribution in [1.82, 2.24) is 4.57 Å². The Morgan fingerprint density at radius 2 is 2.00 bits per heavy atom. The van der Waals surface area contributed by atoms with Gasteiger partial charge in [-0.15, -0.1) is 0 Å². The Kier molecular flexibility index (Phi) is 3.19. The van der Waals surface area contributed by atoms with Crippen molar-refractivity contribution in [2.24, 2.45) is 5.92 Å². The van der Waals surface area contributed by atoms with E-state index in [0.29, 0.717) is 5.56 Å². The van der Waals surface area contributed by atoms with Crippen LogP contribution in [-0.4, -0.2) is 21.9 Å². The van der Waals surface area contributed by atoms with Crippen LogP contribution in [0.2, 0.25) is 0 Å². The lowest BCUT2D eigenvalue weighted by molar-refractivity contribution is -0.142. The molecule has 1 N–H and O–H groups in total. The zero-order valence-electron chi connectivity index (χ0n) is 10.3. The van der Waals surface area contributed by atoms with Gasteiger partial charge in [0.2, 0.25) is 0 Å². The summed E-state index contributed by atoms with van der Waals surface area (Å²) in [5.74, 6) is -0.944. The average molecular weight is 245 g/mol. The first-order chi connectivity index (χ1) is 8.56. The molecule has 0 spiro atoms. The lowest BCUT2D eigenvalue weighted by atomic mass is 10.0. The van der Waals surface area contributed by atoms with Crippen LogP contribution < -0.4 is 0 Å². The van der Waals surface area contributed by atoms with Crippen LogP contribution in [0.1, 0.15) is 30.2 Å². The molecule has 0 aliphatic carbocycles. The van der Waals surface area contributed by atoms with Crippen LogP contribution in [0.4, 0.5) is 0 Å². The fourth-order valence-corrected chi connectivity index (χ4v) is 2.28. The molecule has 1 heterocycles. The molecule has 4 nitrogen and oxygen atoms in total. The van der Waals surface area contributed by atoms with Gasteiger partial charge in [0, 0.05) is 22.7 Å². The Bertz CT molecular complexity index is 598. The smallest absolute Gasteiger partial charge is 0.326 e. The summed E-state index contributed by atoms with van der Waals surface area (Å²) < 4.78 is 1.67. The van der Waals surface area contributed by atoms with Crippen molar-refractivity contribution in [3.63, 3.8) is 0 Å². The van der Waals surface area contributed by atoms with Gasteiger partial charge in [-0.05, 0) is 12.0 Å². The average Bonchev–Trinajstić information content (AvgIpc) is 2.67. The number of rotatable bonds is 4. The van der Waals surface area contributed by atoms with Crippen molar-refractivity contribution < 1.29 is 14.7 Å². The minimum absolute atomic E-state index is 0.0576. The lowest BCUT2D eigenvalue weighted by Crippen LogP contribution is -2.23. The molecule has 0 fully saturated rings. The van der Waals surface area contributed by atoms with Crippen LogP contribution in [0.5, 0.6) is 0 Å². The lowest BCUT2D eigenvalue weighted by Gasteiger charge is -2.19. The van der Waals surface area contributed by atoms with Crippen LogP contribution in [0.15, 0.2) is 30.5 Å². The largest absolute Gasteiger partial charge is 0.480 e. The maximum absolute atomic E-state index is 11.4. The van der Waals surface area contributed by atoms with Crippen LogP contribution in [-0.2, 0) is 4.79 Å². The molecule has 1 aromatic carbocycles. The second-order valence-corrected chi connectivity index (χ2v) is 4.65. The van der Waals surface area contributed by atoms with E-state index < -0.39 is 12.0 Å². The second kappa shape index (κ2) is 4.64. The predicted octanol–water partition coefficient (Wildman–Crippen LogP) is 2.74. The van der Waals surface area contributed by atoms with Gasteiger partial charge in [0.15, 0.2) is 6.29 Å². The number of hydrogen-bond acceptors (Lipinski definition) is 2. The zero-order chi connectivity index (χ0) is 13.3. The van der Waals surface area contributed by atoms with E-state index in [0.717, 1.165) is 17.2 Å². The fourth-order valence-electron chi connectivity index (χ4n) is 2.28. The van der Waals surface area contributed by atoms with Crippen LogP contribution in [0.3, 0.4) is 0 Å². The molecule has 2 rings (SSSR count). The summed E-state index contributed by atoms with van der Waals surface area (Å²) in [6.07, 6.45) is 2.38. The monoisotopic (exact) mass is 245 g/mol. The Labute approximate surface area is 105 Å². The molecule has 0 saturated carbocycles. The van der Waals surface area contributed by atoms with Gasteiger partial charge in [-0.1, -0.05) is 32.0 Å². The van der Waals surface area contributed by atoms with Gasteiger partial charge in [0.1, 0.15) is 6.04 Å². The number of carboxylic acids is 1. The molecule has 0 aliphatic heterocycles. The van der Waals surface area contributed by atoms with Gasteiger partial charge in [0.05, 0.1) is 0 Å². The van der Waals surface area contributed by atoms with Gasteiger partial charge in [-0.2, -0.15) is 0 Å². The molecule has 0 aliphatic rings. The van der Waals surface area contributed by atoms with E-state index >= 15 is 0 Å². The number of hydrogen-bond donors (Lipinski definition) is 1. The normalized spacial score (nSPS) is 12.8. The number of carbonyl (C=O) groups is 2. The van der Waals surface area contributed by atoms with E-state index in [9.17, 15) is 14.7 Å². The maximum Gasteiger partial charge on any atom is 0.326 e. The third kappa shape index (κ3) is 1.90. The summed E-state index contributed by atoms with van der Waals surface area (Å²) in [7, 11) is 0. The van der Waals surface area contributed by atoms with Gasteiger partial charge in [-0.25, -0.2) is 4.79 Å². The molecule has 1 atom stereocenters. The number of nitrogens with zero attached hydrogens (tertiary/aromatic N) is 1. The Morgan fingerprint density at radius 1 is 1.33 bits per heavy atom. The van der Waals surface area contributed by atoms with Gasteiger partial charge in [0.25, 0.3) is 0 Å². The minimum atomic E-state index is -0.886. The molecule has 0 unspecified atom stereocenters. The number of fused-ring (bicyclic) bond motifs is 1. The highest BCUT2D eigenvalue weighted by Crippen LogP contribution is 2.27. The first-order valence-electron chi connectivity index (χ1n) is 5.83. The van der Waals surface area contributed by atoms with Crippen LogP contribution >= 0.6 is 0 Å². The van der Waals surface area contributed by atoms with E-state index in [1.807, 2.05) is 38.1 Å². The molecule has 4 heteroatoms. The highest BCUT2D eigenvalue weighted by Gasteiger charge is 2.25. The number of aromatic nitrogens is 1. The molecule has 18 heavy (non-hydrogen) atoms. The topological polar surface area (TPSA) is 59.3 Å². The summed E-state index contributed by atoms with van der Waals surface area (Å²) in [5.41, 5.74) is 1.30. The summed E-state index contributed by atoms with van der Waals surface area (Å²) >= 11 is 0. The Morgan fingerprint density at radius 3 is 2.56 bits per heavy atom. The van der Waals surface area contributed by atoms with Gasteiger partial charge >= 0.3 is 5.97 Å². The predicted molar refractivity (Wildman–Crippen MR) is 68.8 cm³/mol. The van der Waals surface area contributed by atoms with Crippen LogP contribution in [0, 0.1) is 5.92 Å². The Hall–Kier alpha value is -2.10. The van der Waals surface area contributed by atoms with Crippen molar-refractivity contribution in [1.29, 1.82) is 0 Å². The summed E-state index contributed by atoms with van der Waals surface area (Å²) in [6, 6.07) is 6.68. The van der Waals surface area contributed by atoms with Gasteiger partial charge < -0.3 is 9.67 Å². The highest BCUT2D eigenvalue weighted by atomic mass is 16.4. The molecule has 0 bridgehead atoms. The molecule has 94 valence electrons. The molecule has 0 radical (unpaired) electrons. The van der Waals surface area contributed by atoms with Crippen molar-refractivity contribution in [3.8, 4) is 0 Å². The fraction of sp³-hybridized carbons (Fsp3) is 0.286. The minimum Gasteiger partial charge on any atom is -0.480 e. The molecular weight excluding hydrogens is 230 g/mol. The van der Waals surface area contributed by atoms with Crippen molar-refractivity contribution >= 4 is 23.2 Å². The standard InChI is InChI=1S/C14H15NO3/c1-9(2)13(14(17)18)15-7-10(8-16)11-5-3-4-6-12(11)15/h3-9,13H,1-2H3,(H,17,18)/t13-/m0/s1. The SMILES string of the molecule is CC(C)[C@@H](C(=O)O)n1cc(C=O)c2ccccc21. The number of para-hydroxylation sites is 1. The van der Waals surface area contributed by atoms with E-state index in [2.05, 4.69) is 0 Å². The summed E-state index contributed by atoms with van der Waals surface area (Å²) in [4.78, 5) is 22.4. The molecule has 1 aromatic heterocycles. The van der Waals surface area contributed by atoms with E-state index in [1.165, 1.54) is 0 Å².